The molecule has 1 heterocycles. The third-order valence-corrected chi connectivity index (χ3v) is 2.92. The summed E-state index contributed by atoms with van der Waals surface area (Å²) in [6, 6.07) is 6.88. The molecule has 1 aromatic heterocycles. The Morgan fingerprint density at radius 2 is 2.26 bits per heavy atom. The zero-order valence-electron chi connectivity index (χ0n) is 10.6. The number of nitrogens with one attached hydrogen (secondary N) is 1. The first-order valence-electron chi connectivity index (χ1n) is 5.89. The van der Waals surface area contributed by atoms with Crippen LogP contribution in [0.3, 0.4) is 0 Å². The Balaban J connectivity index is 1.90. The number of benzene rings is 1. The van der Waals surface area contributed by atoms with Gasteiger partial charge in [0.2, 0.25) is 5.91 Å². The zero-order valence-corrected chi connectivity index (χ0v) is 11.3. The van der Waals surface area contributed by atoms with Crippen LogP contribution in [0.5, 0.6) is 0 Å². The van der Waals surface area contributed by atoms with E-state index in [0.29, 0.717) is 29.4 Å². The quantitative estimate of drug-likeness (QED) is 0.844. The second kappa shape index (κ2) is 5.75. The molecule has 6 heteroatoms. The number of amides is 1. The Labute approximate surface area is 116 Å². The van der Waals surface area contributed by atoms with Crippen LogP contribution < -0.4 is 11.1 Å². The normalized spacial score (nSPS) is 10.4. The van der Waals surface area contributed by atoms with Gasteiger partial charge in [0, 0.05) is 24.8 Å². The molecule has 0 saturated heterocycles. The van der Waals surface area contributed by atoms with Crippen molar-refractivity contribution in [3.05, 3.63) is 41.2 Å². The smallest absolute Gasteiger partial charge is 0.226 e. The SMILES string of the molecule is Cc1ccn(CCC(=O)Nc2ccc(N)cc2Cl)n1. The van der Waals surface area contributed by atoms with E-state index in [4.69, 9.17) is 17.3 Å². The summed E-state index contributed by atoms with van der Waals surface area (Å²) in [5.41, 5.74) is 7.65. The minimum Gasteiger partial charge on any atom is -0.399 e. The van der Waals surface area contributed by atoms with Crippen LogP contribution in [0.2, 0.25) is 5.02 Å². The van der Waals surface area contributed by atoms with Crippen molar-refractivity contribution < 1.29 is 4.79 Å². The summed E-state index contributed by atoms with van der Waals surface area (Å²) in [5, 5.41) is 7.39. The topological polar surface area (TPSA) is 72.9 Å². The molecule has 0 radical (unpaired) electrons. The fourth-order valence-corrected chi connectivity index (χ4v) is 1.89. The second-order valence-electron chi connectivity index (χ2n) is 4.26. The molecule has 0 bridgehead atoms. The number of nitrogens with zero attached hydrogens (tertiary/aromatic N) is 2. The lowest BCUT2D eigenvalue weighted by Crippen LogP contribution is -2.15. The first kappa shape index (κ1) is 13.4. The van der Waals surface area contributed by atoms with E-state index in [1.165, 1.54) is 0 Å². The molecule has 100 valence electrons. The van der Waals surface area contributed by atoms with Gasteiger partial charge in [-0.3, -0.25) is 9.48 Å². The highest BCUT2D eigenvalue weighted by Crippen LogP contribution is 2.24. The van der Waals surface area contributed by atoms with E-state index in [2.05, 4.69) is 10.4 Å². The largest absolute Gasteiger partial charge is 0.399 e. The van der Waals surface area contributed by atoms with Crippen molar-refractivity contribution in [2.24, 2.45) is 0 Å². The highest BCUT2D eigenvalue weighted by molar-refractivity contribution is 6.34. The van der Waals surface area contributed by atoms with E-state index in [0.717, 1.165) is 5.69 Å². The molecule has 2 rings (SSSR count). The van der Waals surface area contributed by atoms with Crippen molar-refractivity contribution in [3.63, 3.8) is 0 Å². The lowest BCUT2D eigenvalue weighted by Gasteiger charge is -2.08. The van der Waals surface area contributed by atoms with Gasteiger partial charge in [-0.15, -0.1) is 0 Å². The van der Waals surface area contributed by atoms with Crippen molar-refractivity contribution >= 4 is 28.9 Å². The number of nitrogens with two attached hydrogens (primary N) is 1. The molecule has 3 N–H and O–H groups in total. The van der Waals surface area contributed by atoms with Crippen LogP contribution in [0.1, 0.15) is 12.1 Å². The Bertz CT molecular complexity index is 594. The van der Waals surface area contributed by atoms with Crippen molar-refractivity contribution in [2.45, 2.75) is 19.9 Å². The molecule has 5 nitrogen and oxygen atoms in total. The van der Waals surface area contributed by atoms with Crippen LogP contribution >= 0.6 is 11.6 Å². The standard InChI is InChI=1S/C13H15ClN4O/c1-9-4-6-18(17-9)7-5-13(19)16-12-3-2-10(15)8-11(12)14/h2-4,6,8H,5,7,15H2,1H3,(H,16,19). The molecule has 1 aromatic carbocycles. The number of rotatable bonds is 4. The summed E-state index contributed by atoms with van der Waals surface area (Å²) < 4.78 is 1.74. The summed E-state index contributed by atoms with van der Waals surface area (Å²) in [4.78, 5) is 11.8. The summed E-state index contributed by atoms with van der Waals surface area (Å²) in [6.45, 7) is 2.44. The molecule has 0 saturated carbocycles. The number of carbonyl (C=O) groups excluding carboxylic acids is 1. The fraction of sp³-hybridized carbons (Fsp3) is 0.231. The minimum absolute atomic E-state index is 0.111. The van der Waals surface area contributed by atoms with Crippen LogP contribution in [0.25, 0.3) is 0 Å². The molecule has 0 atom stereocenters. The average molecular weight is 279 g/mol. The molecule has 0 aliphatic heterocycles. The number of aryl methyl sites for hydroxylation is 2. The van der Waals surface area contributed by atoms with Crippen molar-refractivity contribution in [2.75, 3.05) is 11.1 Å². The predicted molar refractivity (Wildman–Crippen MR) is 76.1 cm³/mol. The van der Waals surface area contributed by atoms with Crippen molar-refractivity contribution in [1.29, 1.82) is 0 Å². The fourth-order valence-electron chi connectivity index (χ4n) is 1.65. The predicted octanol–water partition coefficient (Wildman–Crippen LogP) is 2.46. The van der Waals surface area contributed by atoms with Gasteiger partial charge in [0.25, 0.3) is 0 Å². The van der Waals surface area contributed by atoms with Gasteiger partial charge in [-0.2, -0.15) is 5.10 Å². The van der Waals surface area contributed by atoms with Crippen LogP contribution in [0.15, 0.2) is 30.5 Å². The van der Waals surface area contributed by atoms with E-state index in [-0.39, 0.29) is 5.91 Å². The molecular formula is C13H15ClN4O. The number of carbonyl (C=O) groups is 1. The van der Waals surface area contributed by atoms with Crippen LogP contribution in [-0.2, 0) is 11.3 Å². The van der Waals surface area contributed by atoms with Gasteiger partial charge in [0.1, 0.15) is 0 Å². The van der Waals surface area contributed by atoms with Crippen molar-refractivity contribution in [1.82, 2.24) is 9.78 Å². The maximum atomic E-state index is 11.8. The lowest BCUT2D eigenvalue weighted by atomic mass is 10.2. The van der Waals surface area contributed by atoms with Gasteiger partial charge in [-0.25, -0.2) is 0 Å². The van der Waals surface area contributed by atoms with E-state index < -0.39 is 0 Å². The Morgan fingerprint density at radius 3 is 2.89 bits per heavy atom. The van der Waals surface area contributed by atoms with Crippen molar-refractivity contribution in [3.8, 4) is 0 Å². The first-order chi connectivity index (χ1) is 9.04. The first-order valence-corrected chi connectivity index (χ1v) is 6.27. The van der Waals surface area contributed by atoms with E-state index in [1.54, 1.807) is 22.9 Å². The number of anilines is 2. The number of aromatic nitrogens is 2. The van der Waals surface area contributed by atoms with Gasteiger partial charge in [-0.05, 0) is 31.2 Å². The zero-order chi connectivity index (χ0) is 13.8. The summed E-state index contributed by atoms with van der Waals surface area (Å²) in [6.07, 6.45) is 2.18. The molecule has 0 aliphatic carbocycles. The van der Waals surface area contributed by atoms with Gasteiger partial charge < -0.3 is 11.1 Å². The highest BCUT2D eigenvalue weighted by atomic mass is 35.5. The van der Waals surface area contributed by atoms with Crippen LogP contribution in [0, 0.1) is 6.92 Å². The Hall–Kier alpha value is -2.01. The maximum Gasteiger partial charge on any atom is 0.226 e. The van der Waals surface area contributed by atoms with Gasteiger partial charge >= 0.3 is 0 Å². The molecule has 2 aromatic rings. The van der Waals surface area contributed by atoms with E-state index >= 15 is 0 Å². The van der Waals surface area contributed by atoms with E-state index in [9.17, 15) is 4.79 Å². The molecule has 0 spiro atoms. The maximum absolute atomic E-state index is 11.8. The number of nitrogen functional groups attached to an aromatic ring is 1. The molecule has 1 amide bonds. The molecule has 0 unspecified atom stereocenters. The molecule has 0 fully saturated rings. The Kier molecular flexibility index (Phi) is 4.06. The number of hydrogen-bond acceptors (Lipinski definition) is 3. The summed E-state index contributed by atoms with van der Waals surface area (Å²) in [7, 11) is 0. The molecule has 19 heavy (non-hydrogen) atoms. The van der Waals surface area contributed by atoms with Gasteiger partial charge in [0.05, 0.1) is 16.4 Å². The monoisotopic (exact) mass is 278 g/mol. The number of halogens is 1. The highest BCUT2D eigenvalue weighted by Gasteiger charge is 2.06. The van der Waals surface area contributed by atoms with E-state index in [1.807, 2.05) is 19.2 Å². The van der Waals surface area contributed by atoms with Crippen LogP contribution in [0.4, 0.5) is 11.4 Å². The third-order valence-electron chi connectivity index (χ3n) is 2.61. The second-order valence-corrected chi connectivity index (χ2v) is 4.66. The van der Waals surface area contributed by atoms with Gasteiger partial charge in [0.15, 0.2) is 0 Å². The molecular weight excluding hydrogens is 264 g/mol. The molecule has 0 aliphatic rings. The number of hydrogen-bond donors (Lipinski definition) is 2. The van der Waals surface area contributed by atoms with Crippen LogP contribution in [-0.4, -0.2) is 15.7 Å². The van der Waals surface area contributed by atoms with Gasteiger partial charge in [-0.1, -0.05) is 11.6 Å². The lowest BCUT2D eigenvalue weighted by molar-refractivity contribution is -0.116. The average Bonchev–Trinajstić information content (AvgIpc) is 2.76. The summed E-state index contributed by atoms with van der Waals surface area (Å²) >= 11 is 5.98. The summed E-state index contributed by atoms with van der Waals surface area (Å²) in [5.74, 6) is -0.111. The Morgan fingerprint density at radius 1 is 1.47 bits per heavy atom. The third kappa shape index (κ3) is 3.72. The minimum atomic E-state index is -0.111.